The number of esters is 2. The molecule has 0 saturated heterocycles. The van der Waals surface area contributed by atoms with Gasteiger partial charge in [-0.05, 0) is 51.5 Å². The Hall–Kier alpha value is -3.13. The molecule has 2 aromatic rings. The number of aromatic nitrogens is 1. The van der Waals surface area contributed by atoms with Gasteiger partial charge >= 0.3 is 11.9 Å². The maximum Gasteiger partial charge on any atom is 0.339 e. The largest absolute Gasteiger partial charge is 0.496 e. The van der Waals surface area contributed by atoms with Crippen LogP contribution in [-0.2, 0) is 20.8 Å². The summed E-state index contributed by atoms with van der Waals surface area (Å²) in [4.78, 5) is 40.2. The van der Waals surface area contributed by atoms with Crippen LogP contribution in [0.5, 0.6) is 5.75 Å². The number of aryl methyl sites for hydroxylation is 1. The van der Waals surface area contributed by atoms with Crippen molar-refractivity contribution >= 4 is 17.7 Å². The number of benzene rings is 1. The standard InChI is InChI=1S/C22H27NO7/c1-7-29-11-16-10-15(8-9-17(16)27-5)21(25)30-14(4)20(24)19-12(2)18(13(3)23-19)22(26)28-6/h8-10,14,23H,7,11H2,1-6H3/t14-/m0/s1. The van der Waals surface area contributed by atoms with E-state index in [1.54, 1.807) is 32.0 Å². The first kappa shape index (κ1) is 23.2. The molecule has 162 valence electrons. The molecule has 8 nitrogen and oxygen atoms in total. The van der Waals surface area contributed by atoms with Gasteiger partial charge in [0, 0.05) is 17.9 Å². The zero-order chi connectivity index (χ0) is 22.4. The lowest BCUT2D eigenvalue weighted by atomic mass is 10.1. The van der Waals surface area contributed by atoms with E-state index in [9.17, 15) is 14.4 Å². The van der Waals surface area contributed by atoms with Crippen molar-refractivity contribution in [1.29, 1.82) is 0 Å². The highest BCUT2D eigenvalue weighted by Crippen LogP contribution is 2.23. The molecule has 0 fully saturated rings. The highest BCUT2D eigenvalue weighted by molar-refractivity contribution is 6.04. The van der Waals surface area contributed by atoms with E-state index in [1.807, 2.05) is 6.92 Å². The Bertz CT molecular complexity index is 945. The quantitative estimate of drug-likeness (QED) is 0.493. The van der Waals surface area contributed by atoms with Crippen LogP contribution in [0.25, 0.3) is 0 Å². The molecule has 0 aliphatic rings. The minimum Gasteiger partial charge on any atom is -0.496 e. The number of nitrogens with one attached hydrogen (secondary N) is 1. The average Bonchev–Trinajstić information content (AvgIpc) is 3.04. The average molecular weight is 417 g/mol. The SMILES string of the molecule is CCOCc1cc(C(=O)O[C@@H](C)C(=O)c2[nH]c(C)c(C(=O)OC)c2C)ccc1OC. The molecule has 0 unspecified atom stereocenters. The highest BCUT2D eigenvalue weighted by atomic mass is 16.5. The zero-order valence-corrected chi connectivity index (χ0v) is 18.1. The Kier molecular flexibility index (Phi) is 7.77. The summed E-state index contributed by atoms with van der Waals surface area (Å²) in [5.41, 5.74) is 2.45. The summed E-state index contributed by atoms with van der Waals surface area (Å²) in [5, 5.41) is 0. The Morgan fingerprint density at radius 3 is 2.40 bits per heavy atom. The molecule has 0 aliphatic carbocycles. The second kappa shape index (κ2) is 10.1. The monoisotopic (exact) mass is 417 g/mol. The molecule has 0 bridgehead atoms. The number of hydrogen-bond donors (Lipinski definition) is 1. The molecule has 0 saturated carbocycles. The van der Waals surface area contributed by atoms with E-state index in [0.717, 1.165) is 0 Å². The first-order valence-electron chi connectivity index (χ1n) is 9.52. The van der Waals surface area contributed by atoms with E-state index in [4.69, 9.17) is 18.9 Å². The van der Waals surface area contributed by atoms with E-state index in [0.29, 0.717) is 34.7 Å². The number of carbonyl (C=O) groups is 3. The van der Waals surface area contributed by atoms with E-state index in [-0.39, 0.29) is 17.9 Å². The maximum absolute atomic E-state index is 12.8. The van der Waals surface area contributed by atoms with Crippen LogP contribution in [0.1, 0.15) is 61.9 Å². The molecule has 1 aromatic heterocycles. The molecule has 0 amide bonds. The van der Waals surface area contributed by atoms with Crippen molar-refractivity contribution in [3.05, 3.63) is 51.8 Å². The molecule has 2 rings (SSSR count). The van der Waals surface area contributed by atoms with E-state index in [1.165, 1.54) is 21.1 Å². The van der Waals surface area contributed by atoms with Crippen LogP contribution < -0.4 is 4.74 Å². The lowest BCUT2D eigenvalue weighted by Crippen LogP contribution is -2.25. The molecule has 0 radical (unpaired) electrons. The van der Waals surface area contributed by atoms with Gasteiger partial charge in [-0.15, -0.1) is 0 Å². The Morgan fingerprint density at radius 1 is 1.10 bits per heavy atom. The molecule has 1 atom stereocenters. The number of carbonyl (C=O) groups excluding carboxylic acids is 3. The van der Waals surface area contributed by atoms with Gasteiger partial charge in [0.15, 0.2) is 6.10 Å². The minimum absolute atomic E-state index is 0.208. The predicted octanol–water partition coefficient (Wildman–Crippen LogP) is 3.39. The van der Waals surface area contributed by atoms with Crippen molar-refractivity contribution in [2.75, 3.05) is 20.8 Å². The second-order valence-electron chi connectivity index (χ2n) is 6.69. The lowest BCUT2D eigenvalue weighted by Gasteiger charge is -2.14. The van der Waals surface area contributed by atoms with Crippen LogP contribution in [0.3, 0.4) is 0 Å². The van der Waals surface area contributed by atoms with Crippen molar-refractivity contribution in [1.82, 2.24) is 4.98 Å². The Balaban J connectivity index is 2.20. The third-order valence-electron chi connectivity index (χ3n) is 4.70. The van der Waals surface area contributed by atoms with Crippen molar-refractivity contribution < 1.29 is 33.3 Å². The smallest absolute Gasteiger partial charge is 0.339 e. The Labute approximate surface area is 175 Å². The molecule has 1 heterocycles. The summed E-state index contributed by atoms with van der Waals surface area (Å²) in [7, 11) is 2.81. The molecule has 8 heteroatoms. The molecule has 1 aromatic carbocycles. The van der Waals surface area contributed by atoms with E-state index < -0.39 is 23.8 Å². The first-order chi connectivity index (χ1) is 14.2. The maximum atomic E-state index is 12.8. The fraction of sp³-hybridized carbons (Fsp3) is 0.409. The van der Waals surface area contributed by atoms with Gasteiger partial charge in [-0.1, -0.05) is 0 Å². The summed E-state index contributed by atoms with van der Waals surface area (Å²) in [6, 6.07) is 4.83. The van der Waals surface area contributed by atoms with Crippen molar-refractivity contribution in [3.8, 4) is 5.75 Å². The number of aromatic amines is 1. The van der Waals surface area contributed by atoms with Gasteiger partial charge in [-0.25, -0.2) is 9.59 Å². The van der Waals surface area contributed by atoms with E-state index >= 15 is 0 Å². The number of rotatable bonds is 9. The Morgan fingerprint density at radius 2 is 1.80 bits per heavy atom. The molecule has 0 spiro atoms. The number of hydrogen-bond acceptors (Lipinski definition) is 7. The van der Waals surface area contributed by atoms with Gasteiger partial charge in [0.2, 0.25) is 5.78 Å². The van der Waals surface area contributed by atoms with Crippen molar-refractivity contribution in [2.45, 2.75) is 40.4 Å². The number of Topliss-reactive ketones (excluding diaryl/α,β-unsaturated/α-hetero) is 1. The summed E-state index contributed by atoms with van der Waals surface area (Å²) in [6.07, 6.45) is -1.06. The van der Waals surface area contributed by atoms with Crippen LogP contribution in [-0.4, -0.2) is 49.6 Å². The van der Waals surface area contributed by atoms with Crippen molar-refractivity contribution in [3.63, 3.8) is 0 Å². The second-order valence-corrected chi connectivity index (χ2v) is 6.69. The van der Waals surface area contributed by atoms with Gasteiger partial charge in [-0.2, -0.15) is 0 Å². The summed E-state index contributed by atoms with van der Waals surface area (Å²) in [6.45, 7) is 7.47. The van der Waals surface area contributed by atoms with Crippen LogP contribution in [0.2, 0.25) is 0 Å². The van der Waals surface area contributed by atoms with Gasteiger partial charge in [0.05, 0.1) is 37.6 Å². The van der Waals surface area contributed by atoms with Gasteiger partial charge in [0.25, 0.3) is 0 Å². The zero-order valence-electron chi connectivity index (χ0n) is 18.1. The van der Waals surface area contributed by atoms with Crippen LogP contribution in [0.15, 0.2) is 18.2 Å². The van der Waals surface area contributed by atoms with Gasteiger partial charge in [0.1, 0.15) is 5.75 Å². The number of H-pyrrole nitrogens is 1. The molecular weight excluding hydrogens is 390 g/mol. The summed E-state index contributed by atoms with van der Waals surface area (Å²) in [5.74, 6) is -1.03. The molecule has 1 N–H and O–H groups in total. The fourth-order valence-corrected chi connectivity index (χ4v) is 3.12. The third-order valence-corrected chi connectivity index (χ3v) is 4.70. The van der Waals surface area contributed by atoms with Gasteiger partial charge < -0.3 is 23.9 Å². The number of ketones is 1. The summed E-state index contributed by atoms with van der Waals surface area (Å²) >= 11 is 0. The topological polar surface area (TPSA) is 104 Å². The molecule has 0 aliphatic heterocycles. The normalized spacial score (nSPS) is 11.7. The minimum atomic E-state index is -1.06. The van der Waals surface area contributed by atoms with E-state index in [2.05, 4.69) is 4.98 Å². The number of ether oxygens (including phenoxy) is 4. The van der Waals surface area contributed by atoms with Crippen LogP contribution in [0.4, 0.5) is 0 Å². The first-order valence-corrected chi connectivity index (χ1v) is 9.52. The van der Waals surface area contributed by atoms with Crippen molar-refractivity contribution in [2.24, 2.45) is 0 Å². The van der Waals surface area contributed by atoms with Crippen LogP contribution in [0, 0.1) is 13.8 Å². The fourth-order valence-electron chi connectivity index (χ4n) is 3.12. The predicted molar refractivity (Wildman–Crippen MR) is 109 cm³/mol. The lowest BCUT2D eigenvalue weighted by molar-refractivity contribution is 0.0316. The third kappa shape index (κ3) is 4.88. The summed E-state index contributed by atoms with van der Waals surface area (Å²) < 4.78 is 20.8. The molecule has 30 heavy (non-hydrogen) atoms. The van der Waals surface area contributed by atoms with Crippen LogP contribution >= 0.6 is 0 Å². The highest BCUT2D eigenvalue weighted by Gasteiger charge is 2.27. The van der Waals surface area contributed by atoms with Gasteiger partial charge in [-0.3, -0.25) is 4.79 Å². The number of methoxy groups -OCH3 is 2. The molecular formula is C22H27NO7.